The first kappa shape index (κ1) is 11.0. The fourth-order valence-corrected chi connectivity index (χ4v) is 2.22. The summed E-state index contributed by atoms with van der Waals surface area (Å²) in [5, 5.41) is 2.44. The summed E-state index contributed by atoms with van der Waals surface area (Å²) in [7, 11) is 0. The van der Waals surface area contributed by atoms with Crippen molar-refractivity contribution in [3.8, 4) is 11.3 Å². The first-order valence-electron chi connectivity index (χ1n) is 6.16. The molecule has 0 atom stereocenters. The zero-order valence-electron chi connectivity index (χ0n) is 10.6. The van der Waals surface area contributed by atoms with Crippen molar-refractivity contribution in [1.29, 1.82) is 0 Å². The highest BCUT2D eigenvalue weighted by Crippen LogP contribution is 2.23. The Labute approximate surface area is 107 Å². The van der Waals surface area contributed by atoms with Crippen LogP contribution in [-0.2, 0) is 0 Å². The average molecular weight is 233 g/mol. The minimum absolute atomic E-state index is 1.04. The maximum absolute atomic E-state index is 4.56. The molecule has 0 saturated heterocycles. The Bertz CT molecular complexity index is 714. The van der Waals surface area contributed by atoms with Crippen molar-refractivity contribution < 1.29 is 0 Å². The van der Waals surface area contributed by atoms with E-state index in [4.69, 9.17) is 0 Å². The first-order chi connectivity index (χ1) is 8.72. The molecule has 3 rings (SSSR count). The summed E-state index contributed by atoms with van der Waals surface area (Å²) in [5.41, 5.74) is 4.75. The van der Waals surface area contributed by atoms with Crippen LogP contribution in [0.15, 0.2) is 54.7 Å². The van der Waals surface area contributed by atoms with E-state index >= 15 is 0 Å². The highest BCUT2D eigenvalue weighted by atomic mass is 14.7. The lowest BCUT2D eigenvalue weighted by Crippen LogP contribution is -1.85. The van der Waals surface area contributed by atoms with Crippen LogP contribution in [0.5, 0.6) is 0 Å². The average Bonchev–Trinajstić information content (AvgIpc) is 2.38. The molecule has 0 radical (unpaired) electrons. The number of hydrogen-bond donors (Lipinski definition) is 0. The van der Waals surface area contributed by atoms with E-state index in [9.17, 15) is 0 Å². The lowest BCUT2D eigenvalue weighted by molar-refractivity contribution is 1.34. The van der Waals surface area contributed by atoms with Gasteiger partial charge in [-0.15, -0.1) is 0 Å². The van der Waals surface area contributed by atoms with Gasteiger partial charge in [0.2, 0.25) is 0 Å². The number of fused-ring (bicyclic) bond motifs is 1. The highest BCUT2D eigenvalue weighted by Gasteiger charge is 2.01. The monoisotopic (exact) mass is 233 g/mol. The third-order valence-electron chi connectivity index (χ3n) is 3.19. The molecule has 3 aromatic rings. The van der Waals surface area contributed by atoms with Gasteiger partial charge in [0.15, 0.2) is 0 Å². The van der Waals surface area contributed by atoms with Crippen molar-refractivity contribution in [2.75, 3.05) is 0 Å². The van der Waals surface area contributed by atoms with E-state index in [1.54, 1.807) is 0 Å². The summed E-state index contributed by atoms with van der Waals surface area (Å²) in [6.45, 7) is 4.21. The van der Waals surface area contributed by atoms with Gasteiger partial charge in [0.25, 0.3) is 0 Å². The van der Waals surface area contributed by atoms with E-state index in [1.165, 1.54) is 27.5 Å². The summed E-state index contributed by atoms with van der Waals surface area (Å²) in [6, 6.07) is 17.1. The second-order valence-electron chi connectivity index (χ2n) is 4.79. The van der Waals surface area contributed by atoms with Crippen LogP contribution in [0.2, 0.25) is 0 Å². The molecular weight excluding hydrogens is 218 g/mol. The SMILES string of the molecule is Cc1cccc(-c2cc3ccc(C)cc3cn2)c1. The van der Waals surface area contributed by atoms with E-state index in [2.05, 4.69) is 67.4 Å². The minimum atomic E-state index is 1.04. The molecular formula is C17H15N. The zero-order chi connectivity index (χ0) is 12.5. The lowest BCUT2D eigenvalue weighted by Gasteiger charge is -2.05. The summed E-state index contributed by atoms with van der Waals surface area (Å²) in [4.78, 5) is 4.56. The molecule has 0 aliphatic carbocycles. The quantitative estimate of drug-likeness (QED) is 0.602. The van der Waals surface area contributed by atoms with Crippen molar-refractivity contribution in [3.63, 3.8) is 0 Å². The normalized spacial score (nSPS) is 10.8. The Kier molecular flexibility index (Phi) is 2.60. The van der Waals surface area contributed by atoms with Gasteiger partial charge in [0.1, 0.15) is 0 Å². The van der Waals surface area contributed by atoms with Gasteiger partial charge in [-0.2, -0.15) is 0 Å². The maximum Gasteiger partial charge on any atom is 0.0708 e. The van der Waals surface area contributed by atoms with E-state index in [0.29, 0.717) is 0 Å². The number of benzene rings is 2. The van der Waals surface area contributed by atoms with Gasteiger partial charge in [-0.3, -0.25) is 4.98 Å². The number of nitrogens with zero attached hydrogens (tertiary/aromatic N) is 1. The van der Waals surface area contributed by atoms with Gasteiger partial charge in [-0.25, -0.2) is 0 Å². The van der Waals surface area contributed by atoms with Gasteiger partial charge in [-0.05, 0) is 37.4 Å². The molecule has 1 aromatic heterocycles. The second-order valence-corrected chi connectivity index (χ2v) is 4.79. The number of rotatable bonds is 1. The van der Waals surface area contributed by atoms with Gasteiger partial charge in [0, 0.05) is 17.1 Å². The van der Waals surface area contributed by atoms with Crippen LogP contribution in [0.1, 0.15) is 11.1 Å². The predicted molar refractivity (Wildman–Crippen MR) is 76.7 cm³/mol. The van der Waals surface area contributed by atoms with Crippen molar-refractivity contribution in [3.05, 3.63) is 65.9 Å². The molecule has 0 aliphatic heterocycles. The van der Waals surface area contributed by atoms with Crippen LogP contribution in [0, 0.1) is 13.8 Å². The Morgan fingerprint density at radius 1 is 0.778 bits per heavy atom. The molecule has 2 aromatic carbocycles. The van der Waals surface area contributed by atoms with Crippen LogP contribution in [0.25, 0.3) is 22.0 Å². The van der Waals surface area contributed by atoms with Crippen molar-refractivity contribution in [1.82, 2.24) is 4.98 Å². The van der Waals surface area contributed by atoms with Crippen LogP contribution < -0.4 is 0 Å². The molecule has 1 heteroatoms. The van der Waals surface area contributed by atoms with E-state index in [0.717, 1.165) is 5.69 Å². The third-order valence-corrected chi connectivity index (χ3v) is 3.19. The largest absolute Gasteiger partial charge is 0.256 e. The van der Waals surface area contributed by atoms with Crippen molar-refractivity contribution >= 4 is 10.8 Å². The van der Waals surface area contributed by atoms with E-state index in [1.807, 2.05) is 6.20 Å². The summed E-state index contributed by atoms with van der Waals surface area (Å²) in [6.07, 6.45) is 1.96. The third kappa shape index (κ3) is 2.00. The van der Waals surface area contributed by atoms with Crippen LogP contribution in [0.3, 0.4) is 0 Å². The van der Waals surface area contributed by atoms with E-state index in [-0.39, 0.29) is 0 Å². The molecule has 0 spiro atoms. The topological polar surface area (TPSA) is 12.9 Å². The lowest BCUT2D eigenvalue weighted by atomic mass is 10.0. The fraction of sp³-hybridized carbons (Fsp3) is 0.118. The Morgan fingerprint density at radius 2 is 1.61 bits per heavy atom. The van der Waals surface area contributed by atoms with Gasteiger partial charge in [-0.1, -0.05) is 41.5 Å². The molecule has 0 fully saturated rings. The second kappa shape index (κ2) is 4.26. The molecule has 88 valence electrons. The molecule has 18 heavy (non-hydrogen) atoms. The van der Waals surface area contributed by atoms with E-state index < -0.39 is 0 Å². The van der Waals surface area contributed by atoms with Crippen LogP contribution in [0.4, 0.5) is 0 Å². The summed E-state index contributed by atoms with van der Waals surface area (Å²) >= 11 is 0. The minimum Gasteiger partial charge on any atom is -0.256 e. The number of aromatic nitrogens is 1. The zero-order valence-corrected chi connectivity index (χ0v) is 10.6. The fourth-order valence-electron chi connectivity index (χ4n) is 2.22. The molecule has 0 aliphatic rings. The molecule has 0 amide bonds. The van der Waals surface area contributed by atoms with Gasteiger partial charge < -0.3 is 0 Å². The molecule has 1 heterocycles. The van der Waals surface area contributed by atoms with Gasteiger partial charge in [0.05, 0.1) is 5.69 Å². The Balaban J connectivity index is 2.16. The molecule has 0 N–H and O–H groups in total. The summed E-state index contributed by atoms with van der Waals surface area (Å²) < 4.78 is 0. The summed E-state index contributed by atoms with van der Waals surface area (Å²) in [5.74, 6) is 0. The Morgan fingerprint density at radius 3 is 2.44 bits per heavy atom. The molecule has 0 bridgehead atoms. The first-order valence-corrected chi connectivity index (χ1v) is 6.16. The smallest absolute Gasteiger partial charge is 0.0708 e. The Hall–Kier alpha value is -2.15. The highest BCUT2D eigenvalue weighted by molar-refractivity contribution is 5.85. The number of aryl methyl sites for hydroxylation is 2. The molecule has 1 nitrogen and oxygen atoms in total. The van der Waals surface area contributed by atoms with Crippen molar-refractivity contribution in [2.45, 2.75) is 13.8 Å². The predicted octanol–water partition coefficient (Wildman–Crippen LogP) is 4.52. The molecule has 0 saturated carbocycles. The molecule has 0 unspecified atom stereocenters. The van der Waals surface area contributed by atoms with Crippen molar-refractivity contribution in [2.24, 2.45) is 0 Å². The standard InChI is InChI=1S/C17H15N/c1-12-4-3-5-15(8-12)17-10-14-7-6-13(2)9-16(14)11-18-17/h3-11H,1-2H3. The van der Waals surface area contributed by atoms with Crippen LogP contribution >= 0.6 is 0 Å². The number of pyridine rings is 1. The number of hydrogen-bond acceptors (Lipinski definition) is 1. The van der Waals surface area contributed by atoms with Gasteiger partial charge >= 0.3 is 0 Å². The van der Waals surface area contributed by atoms with Crippen LogP contribution in [-0.4, -0.2) is 4.98 Å². The maximum atomic E-state index is 4.56.